The molecule has 2 aromatic carbocycles. The highest BCUT2D eigenvalue weighted by Gasteiger charge is 2.14. The van der Waals surface area contributed by atoms with Gasteiger partial charge in [-0.1, -0.05) is 38.1 Å². The van der Waals surface area contributed by atoms with E-state index in [9.17, 15) is 4.79 Å². The third-order valence-corrected chi connectivity index (χ3v) is 4.84. The maximum atomic E-state index is 12.7. The second-order valence-corrected chi connectivity index (χ2v) is 7.37. The number of rotatable bonds is 5. The largest absolute Gasteiger partial charge is 0.324 e. The SMILES string of the molecule is Cc1ccc(Nc2ncc(C(=O)Nc3c(C)cccc3C(C)C)cn2)cc1C. The van der Waals surface area contributed by atoms with E-state index < -0.39 is 0 Å². The van der Waals surface area contributed by atoms with Crippen LogP contribution < -0.4 is 10.6 Å². The molecule has 5 nitrogen and oxygen atoms in total. The Hall–Kier alpha value is -3.21. The van der Waals surface area contributed by atoms with Gasteiger partial charge in [-0.05, 0) is 61.1 Å². The van der Waals surface area contributed by atoms with Crippen molar-refractivity contribution in [2.45, 2.75) is 40.5 Å². The molecule has 0 spiro atoms. The van der Waals surface area contributed by atoms with E-state index in [0.717, 1.165) is 22.5 Å². The normalized spacial score (nSPS) is 10.8. The van der Waals surface area contributed by atoms with Crippen LogP contribution >= 0.6 is 0 Å². The Morgan fingerprint density at radius 3 is 2.29 bits per heavy atom. The maximum absolute atomic E-state index is 12.7. The van der Waals surface area contributed by atoms with Crippen molar-refractivity contribution in [2.24, 2.45) is 0 Å². The van der Waals surface area contributed by atoms with Crippen molar-refractivity contribution >= 4 is 23.2 Å². The van der Waals surface area contributed by atoms with Crippen LogP contribution in [0.25, 0.3) is 0 Å². The minimum absolute atomic E-state index is 0.214. The maximum Gasteiger partial charge on any atom is 0.258 e. The highest BCUT2D eigenvalue weighted by molar-refractivity contribution is 6.04. The lowest BCUT2D eigenvalue weighted by atomic mass is 9.98. The average Bonchev–Trinajstić information content (AvgIpc) is 2.66. The Morgan fingerprint density at radius 2 is 1.64 bits per heavy atom. The zero-order chi connectivity index (χ0) is 20.3. The van der Waals surface area contributed by atoms with E-state index in [2.05, 4.69) is 48.3 Å². The summed E-state index contributed by atoms with van der Waals surface area (Å²) in [6, 6.07) is 12.1. The second-order valence-electron chi connectivity index (χ2n) is 7.37. The summed E-state index contributed by atoms with van der Waals surface area (Å²) in [6.07, 6.45) is 3.08. The quantitative estimate of drug-likeness (QED) is 0.617. The van der Waals surface area contributed by atoms with Crippen molar-refractivity contribution in [1.29, 1.82) is 0 Å². The summed E-state index contributed by atoms with van der Waals surface area (Å²) in [5, 5.41) is 6.19. The number of para-hydroxylation sites is 1. The van der Waals surface area contributed by atoms with Gasteiger partial charge in [0.1, 0.15) is 0 Å². The number of amides is 1. The molecule has 3 rings (SSSR count). The van der Waals surface area contributed by atoms with Crippen molar-refractivity contribution in [3.63, 3.8) is 0 Å². The molecule has 0 radical (unpaired) electrons. The molecule has 0 saturated carbocycles. The van der Waals surface area contributed by atoms with E-state index in [-0.39, 0.29) is 5.91 Å². The zero-order valence-electron chi connectivity index (χ0n) is 17.0. The highest BCUT2D eigenvalue weighted by Crippen LogP contribution is 2.27. The molecule has 0 atom stereocenters. The smallest absolute Gasteiger partial charge is 0.258 e. The molecule has 3 aromatic rings. The van der Waals surface area contributed by atoms with Gasteiger partial charge in [0.25, 0.3) is 5.91 Å². The summed E-state index contributed by atoms with van der Waals surface area (Å²) in [4.78, 5) is 21.3. The Labute approximate surface area is 166 Å². The summed E-state index contributed by atoms with van der Waals surface area (Å²) in [6.45, 7) is 10.4. The second kappa shape index (κ2) is 8.21. The van der Waals surface area contributed by atoms with Crippen LogP contribution in [0.5, 0.6) is 0 Å². The standard InChI is InChI=1S/C23H26N4O/c1-14(2)20-8-6-7-16(4)21(20)27-22(28)18-12-24-23(25-13-18)26-19-10-9-15(3)17(5)11-19/h6-14H,1-5H3,(H,27,28)(H,24,25,26). The first-order valence-corrected chi connectivity index (χ1v) is 9.42. The fourth-order valence-corrected chi connectivity index (χ4v) is 2.99. The van der Waals surface area contributed by atoms with Crippen LogP contribution in [0.3, 0.4) is 0 Å². The number of hydrogen-bond acceptors (Lipinski definition) is 4. The number of nitrogens with zero attached hydrogens (tertiary/aromatic N) is 2. The Kier molecular flexibility index (Phi) is 5.73. The fourth-order valence-electron chi connectivity index (χ4n) is 2.99. The van der Waals surface area contributed by atoms with Crippen molar-refractivity contribution in [2.75, 3.05) is 10.6 Å². The molecule has 144 valence electrons. The van der Waals surface area contributed by atoms with E-state index in [1.165, 1.54) is 11.1 Å². The Morgan fingerprint density at radius 1 is 0.929 bits per heavy atom. The molecular weight excluding hydrogens is 348 g/mol. The molecule has 28 heavy (non-hydrogen) atoms. The number of carbonyl (C=O) groups excluding carboxylic acids is 1. The summed E-state index contributed by atoms with van der Waals surface area (Å²) in [5.74, 6) is 0.559. The predicted molar refractivity (Wildman–Crippen MR) is 114 cm³/mol. The van der Waals surface area contributed by atoms with Crippen LogP contribution in [0.15, 0.2) is 48.8 Å². The van der Waals surface area contributed by atoms with Crippen LogP contribution in [0.1, 0.15) is 52.4 Å². The molecule has 0 unspecified atom stereocenters. The number of hydrogen-bond donors (Lipinski definition) is 2. The number of benzene rings is 2. The Balaban J connectivity index is 1.75. The van der Waals surface area contributed by atoms with Crippen LogP contribution in [-0.2, 0) is 0 Å². The molecule has 5 heteroatoms. The zero-order valence-corrected chi connectivity index (χ0v) is 17.0. The van der Waals surface area contributed by atoms with E-state index in [4.69, 9.17) is 0 Å². The number of nitrogens with one attached hydrogen (secondary N) is 2. The number of carbonyl (C=O) groups is 1. The van der Waals surface area contributed by atoms with Gasteiger partial charge in [0.15, 0.2) is 0 Å². The highest BCUT2D eigenvalue weighted by atomic mass is 16.1. The number of anilines is 3. The third-order valence-electron chi connectivity index (χ3n) is 4.84. The van der Waals surface area contributed by atoms with Gasteiger partial charge in [-0.2, -0.15) is 0 Å². The van der Waals surface area contributed by atoms with Crippen molar-refractivity contribution in [3.05, 3.63) is 76.6 Å². The average molecular weight is 374 g/mol. The van der Waals surface area contributed by atoms with Crippen LogP contribution in [-0.4, -0.2) is 15.9 Å². The summed E-state index contributed by atoms with van der Waals surface area (Å²) >= 11 is 0. The van der Waals surface area contributed by atoms with Gasteiger partial charge in [0, 0.05) is 23.8 Å². The molecule has 0 aliphatic carbocycles. The molecule has 0 bridgehead atoms. The third kappa shape index (κ3) is 4.36. The monoisotopic (exact) mass is 374 g/mol. The first-order chi connectivity index (χ1) is 13.3. The lowest BCUT2D eigenvalue weighted by Crippen LogP contribution is -2.15. The van der Waals surface area contributed by atoms with E-state index in [1.807, 2.05) is 43.3 Å². The minimum Gasteiger partial charge on any atom is -0.324 e. The minimum atomic E-state index is -0.214. The Bertz CT molecular complexity index is 994. The van der Waals surface area contributed by atoms with Crippen molar-refractivity contribution < 1.29 is 4.79 Å². The molecule has 1 aromatic heterocycles. The molecule has 1 heterocycles. The van der Waals surface area contributed by atoms with Crippen LogP contribution in [0.2, 0.25) is 0 Å². The molecule has 2 N–H and O–H groups in total. The molecule has 0 saturated heterocycles. The first-order valence-electron chi connectivity index (χ1n) is 9.42. The first kappa shape index (κ1) is 19.5. The van der Waals surface area contributed by atoms with Gasteiger partial charge in [0.2, 0.25) is 5.95 Å². The number of aromatic nitrogens is 2. The predicted octanol–water partition coefficient (Wildman–Crippen LogP) is 5.52. The lowest BCUT2D eigenvalue weighted by molar-refractivity contribution is 0.102. The summed E-state index contributed by atoms with van der Waals surface area (Å²) < 4.78 is 0. The fraction of sp³-hybridized carbons (Fsp3) is 0.261. The molecule has 0 aliphatic rings. The molecule has 0 fully saturated rings. The topological polar surface area (TPSA) is 66.9 Å². The lowest BCUT2D eigenvalue weighted by Gasteiger charge is -2.16. The van der Waals surface area contributed by atoms with Gasteiger partial charge in [0.05, 0.1) is 5.56 Å². The summed E-state index contributed by atoms with van der Waals surface area (Å²) in [7, 11) is 0. The van der Waals surface area contributed by atoms with Crippen molar-refractivity contribution in [1.82, 2.24) is 9.97 Å². The van der Waals surface area contributed by atoms with Crippen molar-refractivity contribution in [3.8, 4) is 0 Å². The molecule has 1 amide bonds. The number of aryl methyl sites for hydroxylation is 3. The van der Waals surface area contributed by atoms with Gasteiger partial charge >= 0.3 is 0 Å². The summed E-state index contributed by atoms with van der Waals surface area (Å²) in [5.41, 5.74) is 6.77. The van der Waals surface area contributed by atoms with E-state index in [1.54, 1.807) is 12.4 Å². The van der Waals surface area contributed by atoms with Gasteiger partial charge < -0.3 is 10.6 Å². The molecular formula is C23H26N4O. The van der Waals surface area contributed by atoms with Gasteiger partial charge in [-0.15, -0.1) is 0 Å². The van der Waals surface area contributed by atoms with Gasteiger partial charge in [-0.3, -0.25) is 4.79 Å². The van der Waals surface area contributed by atoms with Crippen LogP contribution in [0, 0.1) is 20.8 Å². The van der Waals surface area contributed by atoms with Crippen LogP contribution in [0.4, 0.5) is 17.3 Å². The van der Waals surface area contributed by atoms with Gasteiger partial charge in [-0.25, -0.2) is 9.97 Å². The van der Waals surface area contributed by atoms with E-state index in [0.29, 0.717) is 17.4 Å². The van der Waals surface area contributed by atoms with E-state index >= 15 is 0 Å². The molecule has 0 aliphatic heterocycles.